The van der Waals surface area contributed by atoms with Crippen LogP contribution in [0.5, 0.6) is 0 Å². The van der Waals surface area contributed by atoms with Crippen LogP contribution in [0.4, 0.5) is 10.1 Å². The summed E-state index contributed by atoms with van der Waals surface area (Å²) in [7, 11) is 0. The number of benzene rings is 2. The number of nitrogens with one attached hydrogen (secondary N) is 1. The average molecular weight is 337 g/mol. The second-order valence-corrected chi connectivity index (χ2v) is 5.66. The lowest BCUT2D eigenvalue weighted by molar-refractivity contribution is -0.146. The molecule has 1 fully saturated rings. The van der Waals surface area contributed by atoms with Gasteiger partial charge in [0.25, 0.3) is 5.91 Å². The third kappa shape index (κ3) is 3.30. The van der Waals surface area contributed by atoms with Crippen molar-refractivity contribution in [3.8, 4) is 0 Å². The molecule has 0 spiro atoms. The smallest absolute Gasteiger partial charge is 0.254 e. The number of carbonyl (C=O) groups is 1. The zero-order valence-corrected chi connectivity index (χ0v) is 13.4. The maximum atomic E-state index is 14.1. The number of nitrogens with two attached hydrogens (primary N) is 1. The highest BCUT2D eigenvalue weighted by Gasteiger charge is 2.40. The number of anilines is 1. The summed E-state index contributed by atoms with van der Waals surface area (Å²) in [6.07, 6.45) is -0.682. The second kappa shape index (κ2) is 6.56. The van der Waals surface area contributed by atoms with E-state index in [1.54, 1.807) is 6.92 Å². The van der Waals surface area contributed by atoms with Gasteiger partial charge in [0.2, 0.25) is 0 Å². The van der Waals surface area contributed by atoms with Crippen molar-refractivity contribution in [2.24, 2.45) is 0 Å². The molecule has 0 radical (unpaired) electrons. The third-order valence-electron chi connectivity index (χ3n) is 3.86. The maximum Gasteiger partial charge on any atom is 0.254 e. The summed E-state index contributed by atoms with van der Waals surface area (Å²) < 4.78 is 19.8. The Kier molecular flexibility index (Phi) is 4.92. The highest BCUT2D eigenvalue weighted by molar-refractivity contribution is 5.85. The molecule has 3 rings (SSSR count). The second-order valence-electron chi connectivity index (χ2n) is 5.66. The molecule has 1 aliphatic rings. The zero-order valence-electron chi connectivity index (χ0n) is 12.6. The molecule has 2 aromatic carbocycles. The lowest BCUT2D eigenvalue weighted by Gasteiger charge is -2.38. The van der Waals surface area contributed by atoms with Crippen molar-refractivity contribution in [3.05, 3.63) is 65.5 Å². The largest absolute Gasteiger partial charge is 0.399 e. The Bertz CT molecular complexity index is 711. The van der Waals surface area contributed by atoms with Crippen molar-refractivity contribution in [2.75, 3.05) is 12.3 Å². The van der Waals surface area contributed by atoms with Gasteiger partial charge in [-0.25, -0.2) is 4.39 Å². The van der Waals surface area contributed by atoms with Gasteiger partial charge in [0, 0.05) is 11.3 Å². The van der Waals surface area contributed by atoms with E-state index in [9.17, 15) is 9.18 Å². The van der Waals surface area contributed by atoms with E-state index in [0.717, 1.165) is 5.56 Å². The fourth-order valence-electron chi connectivity index (χ4n) is 2.69. The van der Waals surface area contributed by atoms with Crippen LogP contribution in [-0.2, 0) is 15.1 Å². The van der Waals surface area contributed by atoms with E-state index < -0.39 is 17.5 Å². The van der Waals surface area contributed by atoms with Crippen LogP contribution in [-0.4, -0.2) is 12.5 Å². The van der Waals surface area contributed by atoms with Gasteiger partial charge >= 0.3 is 0 Å². The SMILES string of the molecule is C[C@@]1(c2cc(N)ccc2F)CO[C@H](c2ccccc2)C(=O)N1.Cl. The Morgan fingerprint density at radius 1 is 1.26 bits per heavy atom. The van der Waals surface area contributed by atoms with Gasteiger partial charge in [-0.05, 0) is 30.7 Å². The normalized spacial score (nSPS) is 23.7. The molecule has 6 heteroatoms. The molecule has 0 unspecified atom stereocenters. The quantitative estimate of drug-likeness (QED) is 0.829. The first-order chi connectivity index (χ1) is 10.5. The van der Waals surface area contributed by atoms with E-state index in [1.165, 1.54) is 18.2 Å². The van der Waals surface area contributed by atoms with Crippen molar-refractivity contribution in [2.45, 2.75) is 18.6 Å². The van der Waals surface area contributed by atoms with E-state index in [4.69, 9.17) is 10.5 Å². The topological polar surface area (TPSA) is 64.3 Å². The van der Waals surface area contributed by atoms with E-state index in [-0.39, 0.29) is 24.9 Å². The molecule has 1 heterocycles. The summed E-state index contributed by atoms with van der Waals surface area (Å²) in [4.78, 5) is 12.4. The number of morpholine rings is 1. The number of ether oxygens (including phenoxy) is 1. The highest BCUT2D eigenvalue weighted by Crippen LogP contribution is 2.32. The lowest BCUT2D eigenvalue weighted by Crippen LogP contribution is -2.54. The Hall–Kier alpha value is -2.11. The molecule has 122 valence electrons. The number of hydrogen-bond donors (Lipinski definition) is 2. The maximum absolute atomic E-state index is 14.1. The molecule has 2 atom stereocenters. The van der Waals surface area contributed by atoms with Crippen LogP contribution in [0, 0.1) is 5.82 Å². The van der Waals surface area contributed by atoms with Gasteiger partial charge in [-0.15, -0.1) is 12.4 Å². The lowest BCUT2D eigenvalue weighted by atomic mass is 9.89. The third-order valence-corrected chi connectivity index (χ3v) is 3.86. The molecule has 1 saturated heterocycles. The van der Waals surface area contributed by atoms with E-state index >= 15 is 0 Å². The molecule has 0 aliphatic carbocycles. The summed E-state index contributed by atoms with van der Waals surface area (Å²) in [6.45, 7) is 1.89. The van der Waals surface area contributed by atoms with Crippen LogP contribution in [0.3, 0.4) is 0 Å². The first-order valence-electron chi connectivity index (χ1n) is 7.04. The summed E-state index contributed by atoms with van der Waals surface area (Å²) in [5.74, 6) is -0.708. The number of halogens is 2. The van der Waals surface area contributed by atoms with Crippen molar-refractivity contribution >= 4 is 24.0 Å². The number of hydrogen-bond acceptors (Lipinski definition) is 3. The van der Waals surface area contributed by atoms with Crippen LogP contribution in [0.25, 0.3) is 0 Å². The Morgan fingerprint density at radius 2 is 1.96 bits per heavy atom. The zero-order chi connectivity index (χ0) is 15.7. The van der Waals surface area contributed by atoms with E-state index in [0.29, 0.717) is 11.3 Å². The standard InChI is InChI=1S/C17H17FN2O2.ClH/c1-17(13-9-12(19)7-8-14(13)18)10-22-15(16(21)20-17)11-5-3-2-4-6-11;/h2-9,15H,10,19H2,1H3,(H,20,21);1H/t15-,17+;/m1./s1. The summed E-state index contributed by atoms with van der Waals surface area (Å²) in [6, 6.07) is 13.5. The number of amides is 1. The Morgan fingerprint density at radius 3 is 2.61 bits per heavy atom. The summed E-state index contributed by atoms with van der Waals surface area (Å²) in [5, 5.41) is 2.87. The Labute approximate surface area is 140 Å². The molecule has 23 heavy (non-hydrogen) atoms. The van der Waals surface area contributed by atoms with Crippen LogP contribution in [0.1, 0.15) is 24.2 Å². The first kappa shape index (κ1) is 17.2. The highest BCUT2D eigenvalue weighted by atomic mass is 35.5. The summed E-state index contributed by atoms with van der Waals surface area (Å²) >= 11 is 0. The number of carbonyl (C=O) groups excluding carboxylic acids is 1. The molecule has 2 aromatic rings. The van der Waals surface area contributed by atoms with Gasteiger partial charge in [0.05, 0.1) is 12.1 Å². The van der Waals surface area contributed by atoms with Crippen LogP contribution in [0.15, 0.2) is 48.5 Å². The molecule has 1 aliphatic heterocycles. The molecule has 4 nitrogen and oxygen atoms in total. The molecule has 3 N–H and O–H groups in total. The minimum absolute atomic E-state index is 0. The predicted octanol–water partition coefficient (Wildman–Crippen LogP) is 2.93. The molecular formula is C17H18ClFN2O2. The monoisotopic (exact) mass is 336 g/mol. The van der Waals surface area contributed by atoms with E-state index in [2.05, 4.69) is 5.32 Å². The van der Waals surface area contributed by atoms with Crippen molar-refractivity contribution < 1.29 is 13.9 Å². The van der Waals surface area contributed by atoms with Crippen molar-refractivity contribution in [1.82, 2.24) is 5.32 Å². The Balaban J connectivity index is 0.00000192. The van der Waals surface area contributed by atoms with Crippen LogP contribution in [0.2, 0.25) is 0 Å². The van der Waals surface area contributed by atoms with Gasteiger partial charge in [0.15, 0.2) is 6.10 Å². The van der Waals surface area contributed by atoms with Gasteiger partial charge in [0.1, 0.15) is 5.82 Å². The van der Waals surface area contributed by atoms with Gasteiger partial charge < -0.3 is 15.8 Å². The van der Waals surface area contributed by atoms with Crippen LogP contribution < -0.4 is 11.1 Å². The minimum atomic E-state index is -0.943. The molecule has 0 saturated carbocycles. The molecule has 0 aromatic heterocycles. The van der Waals surface area contributed by atoms with E-state index in [1.807, 2.05) is 30.3 Å². The minimum Gasteiger partial charge on any atom is -0.399 e. The van der Waals surface area contributed by atoms with Crippen molar-refractivity contribution in [1.29, 1.82) is 0 Å². The number of nitrogen functional groups attached to an aromatic ring is 1. The summed E-state index contributed by atoms with van der Waals surface area (Å²) in [5.41, 5.74) is 6.32. The van der Waals surface area contributed by atoms with Crippen LogP contribution >= 0.6 is 12.4 Å². The predicted molar refractivity (Wildman–Crippen MR) is 88.7 cm³/mol. The first-order valence-corrected chi connectivity index (χ1v) is 7.04. The van der Waals surface area contributed by atoms with Gasteiger partial charge in [-0.3, -0.25) is 4.79 Å². The average Bonchev–Trinajstić information content (AvgIpc) is 2.50. The van der Waals surface area contributed by atoms with Gasteiger partial charge in [-0.2, -0.15) is 0 Å². The fourth-order valence-corrected chi connectivity index (χ4v) is 2.69. The fraction of sp³-hybridized carbons (Fsp3) is 0.235. The number of rotatable bonds is 2. The van der Waals surface area contributed by atoms with Gasteiger partial charge in [-0.1, -0.05) is 30.3 Å². The molecular weight excluding hydrogens is 319 g/mol. The van der Waals surface area contributed by atoms with Crippen molar-refractivity contribution in [3.63, 3.8) is 0 Å². The molecule has 1 amide bonds. The molecule has 0 bridgehead atoms.